The van der Waals surface area contributed by atoms with Crippen molar-refractivity contribution in [1.29, 1.82) is 0 Å². The fraction of sp³-hybridized carbons (Fsp3) is 0.211. The summed E-state index contributed by atoms with van der Waals surface area (Å²) in [6.45, 7) is 5.67. The number of para-hydroxylation sites is 1. The van der Waals surface area contributed by atoms with E-state index in [1.807, 2.05) is 61.7 Å². The third-order valence-electron chi connectivity index (χ3n) is 3.92. The summed E-state index contributed by atoms with van der Waals surface area (Å²) in [6, 6.07) is 15.3. The largest absolute Gasteiger partial charge is 0.325 e. The molecule has 1 atom stereocenters. The van der Waals surface area contributed by atoms with Gasteiger partial charge in [0.25, 0.3) is 0 Å². The van der Waals surface area contributed by atoms with E-state index < -0.39 is 0 Å². The van der Waals surface area contributed by atoms with Crippen LogP contribution in [-0.4, -0.2) is 25.9 Å². The first-order valence-electron chi connectivity index (χ1n) is 8.17. The second-order valence-electron chi connectivity index (χ2n) is 5.91. The second-order valence-corrected chi connectivity index (χ2v) is 7.65. The molecule has 7 heteroatoms. The van der Waals surface area contributed by atoms with Crippen LogP contribution in [-0.2, 0) is 4.79 Å². The first kappa shape index (κ1) is 18.5. The summed E-state index contributed by atoms with van der Waals surface area (Å²) in [5.74, 6) is 0.664. The Bertz CT molecular complexity index is 927. The van der Waals surface area contributed by atoms with Crippen molar-refractivity contribution in [3.63, 3.8) is 0 Å². The molecule has 1 N–H and O–H groups in total. The molecule has 0 aliphatic heterocycles. The summed E-state index contributed by atoms with van der Waals surface area (Å²) in [7, 11) is 0. The van der Waals surface area contributed by atoms with Gasteiger partial charge in [-0.25, -0.2) is 0 Å². The predicted molar refractivity (Wildman–Crippen MR) is 106 cm³/mol. The van der Waals surface area contributed by atoms with Gasteiger partial charge in [0.2, 0.25) is 5.91 Å². The number of nitrogens with zero attached hydrogens (tertiary/aromatic N) is 3. The van der Waals surface area contributed by atoms with Crippen molar-refractivity contribution in [2.24, 2.45) is 0 Å². The average molecular weight is 387 g/mol. The van der Waals surface area contributed by atoms with Gasteiger partial charge in [-0.05, 0) is 50.6 Å². The molecular formula is C19H19ClN4OS. The van der Waals surface area contributed by atoms with Crippen LogP contribution in [0, 0.1) is 13.8 Å². The Morgan fingerprint density at radius 1 is 1.15 bits per heavy atom. The zero-order chi connectivity index (χ0) is 18.7. The van der Waals surface area contributed by atoms with Gasteiger partial charge in [0.15, 0.2) is 5.16 Å². The Labute approximate surface area is 161 Å². The first-order valence-corrected chi connectivity index (χ1v) is 9.42. The lowest BCUT2D eigenvalue weighted by Gasteiger charge is -2.14. The van der Waals surface area contributed by atoms with E-state index >= 15 is 0 Å². The molecule has 134 valence electrons. The highest BCUT2D eigenvalue weighted by molar-refractivity contribution is 8.00. The smallest absolute Gasteiger partial charge is 0.237 e. The highest BCUT2D eigenvalue weighted by atomic mass is 35.5. The van der Waals surface area contributed by atoms with Crippen molar-refractivity contribution in [3.8, 4) is 5.69 Å². The van der Waals surface area contributed by atoms with E-state index in [2.05, 4.69) is 15.5 Å². The van der Waals surface area contributed by atoms with Crippen LogP contribution in [0.1, 0.15) is 18.3 Å². The third-order valence-corrected chi connectivity index (χ3v) is 5.20. The topological polar surface area (TPSA) is 59.8 Å². The normalized spacial score (nSPS) is 12.0. The molecule has 0 saturated heterocycles. The number of aryl methyl sites for hydroxylation is 2. The Kier molecular flexibility index (Phi) is 5.64. The maximum Gasteiger partial charge on any atom is 0.237 e. The lowest BCUT2D eigenvalue weighted by Crippen LogP contribution is -2.23. The van der Waals surface area contributed by atoms with Gasteiger partial charge in [-0.2, -0.15) is 0 Å². The molecule has 3 rings (SSSR count). The SMILES string of the molecule is Cc1ccc(Cl)cc1NC(=O)[C@H](C)Sc1nnc(C)n1-c1ccccc1. The third kappa shape index (κ3) is 4.08. The Hall–Kier alpha value is -2.31. The molecule has 0 radical (unpaired) electrons. The highest BCUT2D eigenvalue weighted by Gasteiger charge is 2.20. The molecule has 26 heavy (non-hydrogen) atoms. The van der Waals surface area contributed by atoms with Crippen LogP contribution in [0.15, 0.2) is 53.7 Å². The number of carbonyl (C=O) groups excluding carboxylic acids is 1. The first-order chi connectivity index (χ1) is 12.5. The Morgan fingerprint density at radius 2 is 1.88 bits per heavy atom. The summed E-state index contributed by atoms with van der Waals surface area (Å²) in [5, 5.41) is 12.2. The molecule has 1 amide bonds. The lowest BCUT2D eigenvalue weighted by molar-refractivity contribution is -0.115. The number of aromatic nitrogens is 3. The zero-order valence-electron chi connectivity index (χ0n) is 14.7. The maximum atomic E-state index is 12.6. The standard InChI is InChI=1S/C19H19ClN4OS/c1-12-9-10-15(20)11-17(12)21-18(25)13(2)26-19-23-22-14(3)24(19)16-7-5-4-6-8-16/h4-11,13H,1-3H3,(H,21,25)/t13-/m0/s1. The summed E-state index contributed by atoms with van der Waals surface area (Å²) in [4.78, 5) is 12.6. The number of hydrogen-bond acceptors (Lipinski definition) is 4. The van der Waals surface area contributed by atoms with Gasteiger partial charge in [-0.1, -0.05) is 47.6 Å². The minimum atomic E-state index is -0.348. The molecule has 3 aromatic rings. The van der Waals surface area contributed by atoms with Crippen molar-refractivity contribution in [3.05, 3.63) is 64.9 Å². The van der Waals surface area contributed by atoms with Gasteiger partial charge in [0, 0.05) is 16.4 Å². The van der Waals surface area contributed by atoms with Crippen molar-refractivity contribution >= 4 is 35.0 Å². The Morgan fingerprint density at radius 3 is 2.62 bits per heavy atom. The van der Waals surface area contributed by atoms with E-state index in [1.54, 1.807) is 12.1 Å². The van der Waals surface area contributed by atoms with Crippen molar-refractivity contribution in [2.75, 3.05) is 5.32 Å². The zero-order valence-corrected chi connectivity index (χ0v) is 16.3. The monoisotopic (exact) mass is 386 g/mol. The van der Waals surface area contributed by atoms with Crippen molar-refractivity contribution in [2.45, 2.75) is 31.2 Å². The number of rotatable bonds is 5. The quantitative estimate of drug-likeness (QED) is 0.648. The maximum absolute atomic E-state index is 12.6. The number of halogens is 1. The van der Waals surface area contributed by atoms with Gasteiger partial charge in [-0.15, -0.1) is 10.2 Å². The van der Waals surface area contributed by atoms with Crippen LogP contribution in [0.25, 0.3) is 5.69 Å². The molecule has 0 aliphatic rings. The molecule has 0 fully saturated rings. The molecule has 0 spiro atoms. The van der Waals surface area contributed by atoms with Crippen LogP contribution >= 0.6 is 23.4 Å². The molecule has 1 heterocycles. The minimum absolute atomic E-state index is 0.111. The van der Waals surface area contributed by atoms with Gasteiger partial charge >= 0.3 is 0 Å². The summed E-state index contributed by atoms with van der Waals surface area (Å²) in [5.41, 5.74) is 2.65. The van der Waals surface area contributed by atoms with E-state index in [0.717, 1.165) is 22.8 Å². The van der Waals surface area contributed by atoms with E-state index in [0.29, 0.717) is 10.2 Å². The van der Waals surface area contributed by atoms with Gasteiger partial charge in [0.05, 0.1) is 5.25 Å². The minimum Gasteiger partial charge on any atom is -0.325 e. The summed E-state index contributed by atoms with van der Waals surface area (Å²) < 4.78 is 1.94. The summed E-state index contributed by atoms with van der Waals surface area (Å²) >= 11 is 7.39. The average Bonchev–Trinajstić information content (AvgIpc) is 2.99. The number of nitrogens with one attached hydrogen (secondary N) is 1. The number of anilines is 1. The number of hydrogen-bond donors (Lipinski definition) is 1. The summed E-state index contributed by atoms with van der Waals surface area (Å²) in [6.07, 6.45) is 0. The predicted octanol–water partition coefficient (Wildman–Crippen LogP) is 4.66. The molecule has 0 unspecified atom stereocenters. The molecule has 5 nitrogen and oxygen atoms in total. The number of amides is 1. The molecule has 0 aliphatic carbocycles. The fourth-order valence-electron chi connectivity index (χ4n) is 2.47. The van der Waals surface area contributed by atoms with Crippen LogP contribution in [0.2, 0.25) is 5.02 Å². The molecule has 0 saturated carbocycles. The molecule has 2 aromatic carbocycles. The Balaban J connectivity index is 1.77. The van der Waals surface area contributed by atoms with E-state index in [9.17, 15) is 4.79 Å². The molecule has 0 bridgehead atoms. The van der Waals surface area contributed by atoms with Gasteiger partial charge in [0.1, 0.15) is 5.82 Å². The number of carbonyl (C=O) groups is 1. The fourth-order valence-corrected chi connectivity index (χ4v) is 3.55. The molecular weight excluding hydrogens is 368 g/mol. The van der Waals surface area contributed by atoms with Crippen LogP contribution in [0.3, 0.4) is 0 Å². The van der Waals surface area contributed by atoms with Crippen LogP contribution in [0.5, 0.6) is 0 Å². The van der Waals surface area contributed by atoms with E-state index in [4.69, 9.17) is 11.6 Å². The highest BCUT2D eigenvalue weighted by Crippen LogP contribution is 2.27. The number of benzene rings is 2. The molecule has 1 aromatic heterocycles. The van der Waals surface area contributed by atoms with Crippen molar-refractivity contribution in [1.82, 2.24) is 14.8 Å². The van der Waals surface area contributed by atoms with Crippen LogP contribution in [0.4, 0.5) is 5.69 Å². The van der Waals surface area contributed by atoms with Crippen molar-refractivity contribution < 1.29 is 4.79 Å². The number of thioether (sulfide) groups is 1. The van der Waals surface area contributed by atoms with E-state index in [1.165, 1.54) is 11.8 Å². The van der Waals surface area contributed by atoms with E-state index in [-0.39, 0.29) is 11.2 Å². The van der Waals surface area contributed by atoms with Gasteiger partial charge < -0.3 is 5.32 Å². The second kappa shape index (κ2) is 7.93. The lowest BCUT2D eigenvalue weighted by atomic mass is 10.2. The van der Waals surface area contributed by atoms with Crippen LogP contribution < -0.4 is 5.32 Å². The van der Waals surface area contributed by atoms with Gasteiger partial charge in [-0.3, -0.25) is 9.36 Å².